The molecule has 0 unspecified atom stereocenters. The molecule has 160 valence electrons. The van der Waals surface area contributed by atoms with E-state index in [0.29, 0.717) is 38.2 Å². The van der Waals surface area contributed by atoms with E-state index in [1.165, 1.54) is 11.1 Å². The number of halogens is 2. The summed E-state index contributed by atoms with van der Waals surface area (Å²) in [6.45, 7) is 11.1. The number of ether oxygens (including phenoxy) is 3. The Morgan fingerprint density at radius 1 is 0.621 bits per heavy atom. The quantitative estimate of drug-likeness (QED) is 0.369. The molecule has 0 N–H and O–H groups in total. The molecule has 3 nitrogen and oxygen atoms in total. The molecule has 0 aromatic heterocycles. The number of benzene rings is 2. The van der Waals surface area contributed by atoms with Gasteiger partial charge in [0.1, 0.15) is 24.7 Å². The van der Waals surface area contributed by atoms with Crippen LogP contribution in [0.2, 0.25) is 0 Å². The van der Waals surface area contributed by atoms with Crippen LogP contribution in [0.4, 0.5) is 0 Å². The minimum atomic E-state index is -0.0969. The van der Waals surface area contributed by atoms with E-state index in [2.05, 4.69) is 52.0 Å². The monoisotopic (exact) mass is 438 g/mol. The molecule has 29 heavy (non-hydrogen) atoms. The molecule has 0 saturated carbocycles. The van der Waals surface area contributed by atoms with Crippen molar-refractivity contribution in [1.29, 1.82) is 0 Å². The summed E-state index contributed by atoms with van der Waals surface area (Å²) in [5, 5.41) is 0. The normalized spacial score (nSPS) is 12.1. The van der Waals surface area contributed by atoms with E-state index in [0.717, 1.165) is 11.5 Å². The number of hydrogen-bond acceptors (Lipinski definition) is 3. The average molecular weight is 439 g/mol. The van der Waals surface area contributed by atoms with Gasteiger partial charge in [-0.15, -0.1) is 23.2 Å². The van der Waals surface area contributed by atoms with Crippen molar-refractivity contribution in [2.24, 2.45) is 0 Å². The summed E-state index contributed by atoms with van der Waals surface area (Å²) >= 11 is 11.3. The van der Waals surface area contributed by atoms with Gasteiger partial charge in [-0.1, -0.05) is 52.0 Å². The lowest BCUT2D eigenvalue weighted by molar-refractivity contribution is 0.0633. The molecule has 0 radical (unpaired) electrons. The highest BCUT2D eigenvalue weighted by Crippen LogP contribution is 2.29. The Bertz CT molecular complexity index is 661. The van der Waals surface area contributed by atoms with Crippen molar-refractivity contribution in [2.45, 2.75) is 38.5 Å². The standard InChI is InChI=1S/C24H32Cl2O3/c1-23(2,19-5-9-21(10-6-19)28-15-13-25)17-27-18-24(3,4)20-7-11-22(12-8-20)29-16-14-26/h5-12H,13-18H2,1-4H3. The molecular formula is C24H32Cl2O3. The van der Waals surface area contributed by atoms with Crippen LogP contribution in [0, 0.1) is 0 Å². The second-order valence-electron chi connectivity index (χ2n) is 8.38. The number of alkyl halides is 2. The molecule has 0 aliphatic heterocycles. The Morgan fingerprint density at radius 2 is 0.966 bits per heavy atom. The predicted molar refractivity (Wildman–Crippen MR) is 122 cm³/mol. The van der Waals surface area contributed by atoms with E-state index < -0.39 is 0 Å². The van der Waals surface area contributed by atoms with E-state index in [9.17, 15) is 0 Å². The van der Waals surface area contributed by atoms with Crippen molar-refractivity contribution < 1.29 is 14.2 Å². The van der Waals surface area contributed by atoms with Crippen LogP contribution in [-0.2, 0) is 15.6 Å². The molecule has 2 aromatic carbocycles. The van der Waals surface area contributed by atoms with Gasteiger partial charge in [0.2, 0.25) is 0 Å². The van der Waals surface area contributed by atoms with Crippen molar-refractivity contribution >= 4 is 23.2 Å². The molecule has 2 rings (SSSR count). The van der Waals surface area contributed by atoms with Gasteiger partial charge in [0.05, 0.1) is 25.0 Å². The Hall–Kier alpha value is -1.42. The van der Waals surface area contributed by atoms with Crippen LogP contribution in [0.5, 0.6) is 11.5 Å². The molecule has 0 amide bonds. The largest absolute Gasteiger partial charge is 0.492 e. The molecule has 0 spiro atoms. The first-order valence-electron chi connectivity index (χ1n) is 9.95. The summed E-state index contributed by atoms with van der Waals surface area (Å²) in [4.78, 5) is 0. The number of hydrogen-bond donors (Lipinski definition) is 0. The van der Waals surface area contributed by atoms with Crippen molar-refractivity contribution in [2.75, 3.05) is 38.2 Å². The highest BCUT2D eigenvalue weighted by molar-refractivity contribution is 6.18. The highest BCUT2D eigenvalue weighted by Gasteiger charge is 2.25. The van der Waals surface area contributed by atoms with Gasteiger partial charge in [-0.2, -0.15) is 0 Å². The van der Waals surface area contributed by atoms with Gasteiger partial charge >= 0.3 is 0 Å². The van der Waals surface area contributed by atoms with E-state index >= 15 is 0 Å². The SMILES string of the molecule is CC(C)(COCC(C)(C)c1ccc(OCCCl)cc1)c1ccc(OCCCl)cc1. The summed E-state index contributed by atoms with van der Waals surface area (Å²) < 4.78 is 17.3. The molecule has 0 atom stereocenters. The average Bonchev–Trinajstić information content (AvgIpc) is 2.71. The van der Waals surface area contributed by atoms with Crippen molar-refractivity contribution in [3.05, 3.63) is 59.7 Å². The van der Waals surface area contributed by atoms with Crippen LogP contribution >= 0.6 is 23.2 Å². The molecule has 0 aliphatic rings. The van der Waals surface area contributed by atoms with Gasteiger partial charge < -0.3 is 14.2 Å². The van der Waals surface area contributed by atoms with Crippen LogP contribution in [0.3, 0.4) is 0 Å². The topological polar surface area (TPSA) is 27.7 Å². The Morgan fingerprint density at radius 3 is 1.28 bits per heavy atom. The van der Waals surface area contributed by atoms with Crippen LogP contribution in [-0.4, -0.2) is 38.2 Å². The maximum Gasteiger partial charge on any atom is 0.119 e. The van der Waals surface area contributed by atoms with Gasteiger partial charge in [0, 0.05) is 10.8 Å². The highest BCUT2D eigenvalue weighted by atomic mass is 35.5. The maximum absolute atomic E-state index is 6.16. The second-order valence-corrected chi connectivity index (χ2v) is 9.14. The third kappa shape index (κ3) is 7.40. The van der Waals surface area contributed by atoms with Crippen molar-refractivity contribution in [3.63, 3.8) is 0 Å². The summed E-state index contributed by atoms with van der Waals surface area (Å²) in [5.41, 5.74) is 2.24. The van der Waals surface area contributed by atoms with Crippen molar-refractivity contribution in [1.82, 2.24) is 0 Å². The lowest BCUT2D eigenvalue weighted by Crippen LogP contribution is -2.30. The van der Waals surface area contributed by atoms with Gasteiger partial charge in [0.15, 0.2) is 0 Å². The lowest BCUT2D eigenvalue weighted by Gasteiger charge is -2.30. The fourth-order valence-electron chi connectivity index (χ4n) is 3.05. The summed E-state index contributed by atoms with van der Waals surface area (Å²) in [6.07, 6.45) is 0. The van der Waals surface area contributed by atoms with Gasteiger partial charge in [0.25, 0.3) is 0 Å². The minimum Gasteiger partial charge on any atom is -0.492 e. The Balaban J connectivity index is 1.90. The second kappa shape index (κ2) is 11.1. The van der Waals surface area contributed by atoms with E-state index in [1.54, 1.807) is 0 Å². The molecule has 5 heteroatoms. The first kappa shape index (κ1) is 23.9. The van der Waals surface area contributed by atoms with Crippen molar-refractivity contribution in [3.8, 4) is 11.5 Å². The fourth-order valence-corrected chi connectivity index (χ4v) is 3.20. The lowest BCUT2D eigenvalue weighted by atomic mass is 9.84. The molecule has 0 bridgehead atoms. The predicted octanol–water partition coefficient (Wildman–Crippen LogP) is 6.19. The summed E-state index contributed by atoms with van der Waals surface area (Å²) in [5.74, 6) is 2.65. The summed E-state index contributed by atoms with van der Waals surface area (Å²) in [7, 11) is 0. The van der Waals surface area contributed by atoms with Crippen LogP contribution in [0.25, 0.3) is 0 Å². The van der Waals surface area contributed by atoms with Crippen LogP contribution in [0.1, 0.15) is 38.8 Å². The fraction of sp³-hybridized carbons (Fsp3) is 0.500. The van der Waals surface area contributed by atoms with E-state index in [4.69, 9.17) is 37.4 Å². The van der Waals surface area contributed by atoms with Crippen LogP contribution in [0.15, 0.2) is 48.5 Å². The van der Waals surface area contributed by atoms with E-state index in [-0.39, 0.29) is 10.8 Å². The third-order valence-corrected chi connectivity index (χ3v) is 5.20. The van der Waals surface area contributed by atoms with Gasteiger partial charge in [-0.3, -0.25) is 0 Å². The zero-order chi connectivity index (χ0) is 21.3. The maximum atomic E-state index is 6.16. The Kier molecular flexibility index (Phi) is 9.13. The molecular weight excluding hydrogens is 407 g/mol. The number of rotatable bonds is 12. The summed E-state index contributed by atoms with van der Waals surface area (Å²) in [6, 6.07) is 16.3. The molecule has 0 aliphatic carbocycles. The van der Waals surface area contributed by atoms with Gasteiger partial charge in [-0.05, 0) is 35.4 Å². The minimum absolute atomic E-state index is 0.0969. The third-order valence-electron chi connectivity index (χ3n) is 4.89. The molecule has 0 saturated heterocycles. The molecule has 0 fully saturated rings. The smallest absolute Gasteiger partial charge is 0.119 e. The first-order valence-corrected chi connectivity index (χ1v) is 11.0. The zero-order valence-corrected chi connectivity index (χ0v) is 19.4. The first-order chi connectivity index (χ1) is 13.8. The van der Waals surface area contributed by atoms with Gasteiger partial charge in [-0.25, -0.2) is 0 Å². The van der Waals surface area contributed by atoms with E-state index in [1.807, 2.05) is 24.3 Å². The zero-order valence-electron chi connectivity index (χ0n) is 17.8. The molecule has 0 heterocycles. The molecule has 2 aromatic rings. The Labute approximate surface area is 185 Å². The van der Waals surface area contributed by atoms with Crippen LogP contribution < -0.4 is 9.47 Å².